The molecule has 0 aliphatic heterocycles. The summed E-state index contributed by atoms with van der Waals surface area (Å²) in [4.78, 5) is 7.75. The van der Waals surface area contributed by atoms with Gasteiger partial charge in [-0.15, -0.1) is 12.4 Å². The Hall–Kier alpha value is 0.0900. The van der Waals surface area contributed by atoms with Crippen molar-refractivity contribution in [2.45, 2.75) is 0 Å². The maximum Gasteiger partial charge on any atom is 0.537 e. The van der Waals surface area contributed by atoms with Crippen LogP contribution in [0.3, 0.4) is 0 Å². The monoisotopic (exact) mass is 127 g/mol. The summed E-state index contributed by atoms with van der Waals surface area (Å²) < 4.78 is 9.40. The Labute approximate surface area is 43.2 Å². The van der Waals surface area contributed by atoms with Crippen molar-refractivity contribution in [2.24, 2.45) is 0 Å². The summed E-state index contributed by atoms with van der Waals surface area (Å²) in [6.45, 7) is 3.03. The van der Waals surface area contributed by atoms with Crippen molar-refractivity contribution in [3.05, 3.63) is 12.4 Å². The maximum absolute atomic E-state index is 9.40. The van der Waals surface area contributed by atoms with Crippen LogP contribution in [-0.2, 0) is 4.57 Å². The van der Waals surface area contributed by atoms with Gasteiger partial charge in [-0.05, 0) is 11.1 Å². The van der Waals surface area contributed by atoms with Gasteiger partial charge in [0.05, 0.1) is 0 Å². The van der Waals surface area contributed by atoms with Crippen molar-refractivity contribution in [1.29, 1.82) is 0 Å². The Bertz CT molecular complexity index is 62.6. The van der Waals surface area contributed by atoms with Gasteiger partial charge in [0, 0.05) is 0 Å². The Kier molecular flexibility index (Phi) is 8.00. The van der Waals surface area contributed by atoms with Crippen molar-refractivity contribution in [3.8, 4) is 0 Å². The van der Waals surface area contributed by atoms with E-state index in [0.717, 1.165) is 5.82 Å². The molecule has 0 aromatic carbocycles. The number of hydrogen-bond donors (Lipinski definition) is 1. The molecule has 0 aromatic heterocycles. The summed E-state index contributed by atoms with van der Waals surface area (Å²) in [6, 6.07) is 0. The zero-order valence-electron chi connectivity index (χ0n) is 3.00. The van der Waals surface area contributed by atoms with Crippen LogP contribution in [0.2, 0.25) is 0 Å². The smallest absolute Gasteiger partial charge is 0.157 e. The van der Waals surface area contributed by atoms with E-state index in [4.69, 9.17) is 4.89 Å². The number of rotatable bonds is 1. The predicted molar refractivity (Wildman–Crippen MR) is 27.3 cm³/mol. The molecular weight excluding hydrogens is 122 g/mol. The van der Waals surface area contributed by atoms with Gasteiger partial charge in [-0.25, -0.2) is 0 Å². The van der Waals surface area contributed by atoms with E-state index in [1.807, 2.05) is 0 Å². The van der Waals surface area contributed by atoms with Crippen LogP contribution in [0.1, 0.15) is 0 Å². The average molecular weight is 127 g/mol. The van der Waals surface area contributed by atoms with Gasteiger partial charge >= 0.3 is 8.03 Å². The molecule has 1 N–H and O–H groups in total. The first-order valence-corrected chi connectivity index (χ1v) is 2.33. The van der Waals surface area contributed by atoms with E-state index in [1.165, 1.54) is 0 Å². The van der Waals surface area contributed by atoms with Crippen molar-refractivity contribution < 1.29 is 9.46 Å². The zero-order valence-corrected chi connectivity index (χ0v) is 4.71. The third kappa shape index (κ3) is 8.94. The summed E-state index contributed by atoms with van der Waals surface area (Å²) in [5.74, 6) is 0.981. The van der Waals surface area contributed by atoms with Gasteiger partial charge in [0.2, 0.25) is 0 Å². The van der Waals surface area contributed by atoms with E-state index in [2.05, 4.69) is 6.58 Å². The fraction of sp³-hybridized carbons (Fsp3) is 0. The normalized spacial score (nSPS) is 8.50. The van der Waals surface area contributed by atoms with Crippen LogP contribution in [0, 0.1) is 0 Å². The summed E-state index contributed by atoms with van der Waals surface area (Å²) in [5.41, 5.74) is 0. The molecule has 0 saturated carbocycles. The van der Waals surface area contributed by atoms with Crippen LogP contribution in [0.4, 0.5) is 0 Å². The lowest BCUT2D eigenvalue weighted by molar-refractivity contribution is 0.512. The van der Waals surface area contributed by atoms with Crippen molar-refractivity contribution in [3.63, 3.8) is 0 Å². The van der Waals surface area contributed by atoms with Crippen LogP contribution in [0.15, 0.2) is 12.4 Å². The SMILES string of the molecule is C=C[P+](=O)O.Cl. The highest BCUT2D eigenvalue weighted by Crippen LogP contribution is 2.10. The van der Waals surface area contributed by atoms with E-state index in [9.17, 15) is 4.57 Å². The van der Waals surface area contributed by atoms with E-state index in [-0.39, 0.29) is 12.4 Å². The Morgan fingerprint density at radius 1 is 1.83 bits per heavy atom. The molecule has 0 rings (SSSR count). The fourth-order valence-electron chi connectivity index (χ4n) is 0. The lowest BCUT2D eigenvalue weighted by atomic mass is 11.3. The molecule has 0 aromatic rings. The van der Waals surface area contributed by atoms with Crippen LogP contribution in [-0.4, -0.2) is 4.89 Å². The predicted octanol–water partition coefficient (Wildman–Crippen LogP) is 1.29. The molecule has 2 nitrogen and oxygen atoms in total. The highest BCUT2D eigenvalue weighted by molar-refractivity contribution is 7.41. The molecule has 1 atom stereocenters. The number of hydrogen-bond acceptors (Lipinski definition) is 1. The zero-order chi connectivity index (χ0) is 4.28. The van der Waals surface area contributed by atoms with Crippen LogP contribution >= 0.6 is 20.4 Å². The summed E-state index contributed by atoms with van der Waals surface area (Å²) in [7, 11) is -2.08. The molecule has 0 aliphatic carbocycles. The van der Waals surface area contributed by atoms with Gasteiger partial charge in [0.25, 0.3) is 0 Å². The van der Waals surface area contributed by atoms with Crippen molar-refractivity contribution in [2.75, 3.05) is 0 Å². The van der Waals surface area contributed by atoms with Crippen molar-refractivity contribution >= 4 is 20.4 Å². The highest BCUT2D eigenvalue weighted by atomic mass is 35.5. The lowest BCUT2D eigenvalue weighted by Gasteiger charge is -1.42. The third-order valence-corrected chi connectivity index (χ3v) is 0.469. The molecule has 0 bridgehead atoms. The minimum atomic E-state index is -2.08. The fourth-order valence-corrected chi connectivity index (χ4v) is 0. The molecule has 6 heavy (non-hydrogen) atoms. The summed E-state index contributed by atoms with van der Waals surface area (Å²) in [6.07, 6.45) is 0. The van der Waals surface area contributed by atoms with Gasteiger partial charge in [0.1, 0.15) is 0 Å². The third-order valence-electron chi connectivity index (χ3n) is 0.156. The maximum atomic E-state index is 9.40. The minimum absolute atomic E-state index is 0. The lowest BCUT2D eigenvalue weighted by Crippen LogP contribution is -1.35. The van der Waals surface area contributed by atoms with Gasteiger partial charge in [-0.1, -0.05) is 0 Å². The van der Waals surface area contributed by atoms with Crippen LogP contribution < -0.4 is 0 Å². The van der Waals surface area contributed by atoms with Crippen molar-refractivity contribution in [1.82, 2.24) is 0 Å². The first kappa shape index (κ1) is 9.43. The second-order valence-corrected chi connectivity index (χ2v) is 1.46. The molecule has 1 unspecified atom stereocenters. The molecule has 0 saturated heterocycles. The largest absolute Gasteiger partial charge is 0.537 e. The first-order valence-electron chi connectivity index (χ1n) is 1.05. The van der Waals surface area contributed by atoms with Gasteiger partial charge < -0.3 is 0 Å². The van der Waals surface area contributed by atoms with Gasteiger partial charge in [-0.2, -0.15) is 4.89 Å². The summed E-state index contributed by atoms with van der Waals surface area (Å²) >= 11 is 0. The summed E-state index contributed by atoms with van der Waals surface area (Å²) in [5, 5.41) is 0. The Morgan fingerprint density at radius 3 is 2.00 bits per heavy atom. The average Bonchev–Trinajstić information content (AvgIpc) is 1.38. The second-order valence-electron chi connectivity index (χ2n) is 0.485. The van der Waals surface area contributed by atoms with Gasteiger partial charge in [-0.3, -0.25) is 0 Å². The topological polar surface area (TPSA) is 37.3 Å². The quantitative estimate of drug-likeness (QED) is 0.539. The van der Waals surface area contributed by atoms with E-state index in [0.29, 0.717) is 0 Å². The van der Waals surface area contributed by atoms with Crippen LogP contribution in [0.5, 0.6) is 0 Å². The molecule has 36 valence electrons. The Balaban J connectivity index is 0. The second kappa shape index (κ2) is 5.09. The van der Waals surface area contributed by atoms with E-state index < -0.39 is 8.03 Å². The molecule has 0 amide bonds. The molecule has 4 heteroatoms. The molecule has 0 radical (unpaired) electrons. The first-order chi connectivity index (χ1) is 2.27. The standard InChI is InChI=1S/C2H3O2P.ClH/c1-2-5(3)4;/h2H,1H2;1H/p+1. The van der Waals surface area contributed by atoms with E-state index >= 15 is 0 Å². The van der Waals surface area contributed by atoms with Crippen LogP contribution in [0.25, 0.3) is 0 Å². The molecule has 0 spiro atoms. The molecular formula is C2H5ClO2P+. The molecule has 0 heterocycles. The highest BCUT2D eigenvalue weighted by Gasteiger charge is 1.94. The van der Waals surface area contributed by atoms with E-state index in [1.54, 1.807) is 0 Å². The number of halogens is 1. The molecule has 0 fully saturated rings. The molecule has 0 aliphatic rings. The van der Waals surface area contributed by atoms with Gasteiger partial charge in [0.15, 0.2) is 5.82 Å². The minimum Gasteiger partial charge on any atom is -0.157 e. The Morgan fingerprint density at radius 2 is 2.00 bits per heavy atom.